The first-order valence-corrected chi connectivity index (χ1v) is 5.17. The molecule has 0 spiro atoms. The number of hydrogen-bond donors (Lipinski definition) is 0. The predicted molar refractivity (Wildman–Crippen MR) is 57.4 cm³/mol. The monoisotopic (exact) mass is 235 g/mol. The predicted octanol–water partition coefficient (Wildman–Crippen LogP) is 1.21. The molecule has 1 aromatic carbocycles. The zero-order valence-corrected chi connectivity index (χ0v) is 8.93. The quantitative estimate of drug-likeness (QED) is 0.582. The van der Waals surface area contributed by atoms with Crippen LogP contribution in [-0.2, 0) is 4.79 Å². The van der Waals surface area contributed by atoms with Gasteiger partial charge in [0, 0.05) is 6.42 Å². The van der Waals surface area contributed by atoms with E-state index >= 15 is 0 Å². The summed E-state index contributed by atoms with van der Waals surface area (Å²) in [4.78, 5) is 35.0. The van der Waals surface area contributed by atoms with Gasteiger partial charge in [-0.25, -0.2) is 4.39 Å². The average molecular weight is 235 g/mol. The summed E-state index contributed by atoms with van der Waals surface area (Å²) in [7, 11) is 0. The summed E-state index contributed by atoms with van der Waals surface area (Å²) >= 11 is 0. The van der Waals surface area contributed by atoms with Crippen molar-refractivity contribution in [2.45, 2.75) is 12.5 Å². The zero-order valence-electron chi connectivity index (χ0n) is 8.93. The number of alkyl halides is 1. The van der Waals surface area contributed by atoms with Crippen molar-refractivity contribution in [2.24, 2.45) is 0 Å². The van der Waals surface area contributed by atoms with Crippen LogP contribution in [0.3, 0.4) is 0 Å². The molecule has 2 rings (SSSR count). The molecule has 88 valence electrons. The normalized spacial score (nSPS) is 15.9. The van der Waals surface area contributed by atoms with Gasteiger partial charge < -0.3 is 4.79 Å². The van der Waals surface area contributed by atoms with Crippen molar-refractivity contribution in [1.29, 1.82) is 0 Å². The molecule has 1 heterocycles. The van der Waals surface area contributed by atoms with Crippen LogP contribution in [0.4, 0.5) is 4.39 Å². The molecular formula is C12H10FNO3. The Balaban J connectivity index is 2.38. The lowest BCUT2D eigenvalue weighted by atomic mass is 10.1. The highest BCUT2D eigenvalue weighted by Crippen LogP contribution is 2.25. The van der Waals surface area contributed by atoms with E-state index in [9.17, 15) is 18.8 Å². The van der Waals surface area contributed by atoms with Gasteiger partial charge in [-0.3, -0.25) is 14.5 Å². The number of aldehydes is 1. The van der Waals surface area contributed by atoms with Crippen LogP contribution in [0.1, 0.15) is 27.1 Å². The van der Waals surface area contributed by atoms with E-state index in [1.807, 2.05) is 0 Å². The van der Waals surface area contributed by atoms with E-state index in [1.165, 1.54) is 12.1 Å². The molecule has 1 aliphatic heterocycles. The van der Waals surface area contributed by atoms with Gasteiger partial charge in [-0.2, -0.15) is 0 Å². The molecule has 0 radical (unpaired) electrons. The van der Waals surface area contributed by atoms with Gasteiger partial charge in [0.1, 0.15) is 13.0 Å². The minimum atomic E-state index is -1.00. The first-order valence-electron chi connectivity index (χ1n) is 5.17. The minimum Gasteiger partial charge on any atom is -0.303 e. The number of amides is 2. The van der Waals surface area contributed by atoms with Gasteiger partial charge in [0.05, 0.1) is 17.2 Å². The molecule has 1 atom stereocenters. The zero-order chi connectivity index (χ0) is 12.4. The molecule has 5 heteroatoms. The smallest absolute Gasteiger partial charge is 0.261 e. The van der Waals surface area contributed by atoms with Crippen molar-refractivity contribution in [3.05, 3.63) is 35.4 Å². The molecule has 0 aromatic heterocycles. The Morgan fingerprint density at radius 3 is 2.12 bits per heavy atom. The maximum absolute atomic E-state index is 12.8. The topological polar surface area (TPSA) is 54.5 Å². The molecule has 1 aliphatic rings. The number of fused-ring (bicyclic) bond motifs is 1. The molecule has 0 N–H and O–H groups in total. The highest BCUT2D eigenvalue weighted by Gasteiger charge is 2.39. The molecule has 2 amide bonds. The van der Waals surface area contributed by atoms with Gasteiger partial charge in [0.25, 0.3) is 11.8 Å². The maximum Gasteiger partial charge on any atom is 0.261 e. The highest BCUT2D eigenvalue weighted by atomic mass is 19.1. The summed E-state index contributed by atoms with van der Waals surface area (Å²) in [5.41, 5.74) is 0.531. The van der Waals surface area contributed by atoms with Gasteiger partial charge in [0.2, 0.25) is 0 Å². The Kier molecular flexibility index (Phi) is 2.99. The second-order valence-corrected chi connectivity index (χ2v) is 3.74. The molecule has 0 aliphatic carbocycles. The number of carbonyl (C=O) groups is 3. The first-order chi connectivity index (χ1) is 8.20. The molecule has 0 saturated carbocycles. The molecule has 1 aromatic rings. The third-order valence-corrected chi connectivity index (χ3v) is 2.74. The van der Waals surface area contributed by atoms with Crippen LogP contribution in [-0.4, -0.2) is 35.7 Å². The second kappa shape index (κ2) is 4.45. The Morgan fingerprint density at radius 1 is 1.18 bits per heavy atom. The van der Waals surface area contributed by atoms with Gasteiger partial charge in [0.15, 0.2) is 0 Å². The van der Waals surface area contributed by atoms with Gasteiger partial charge in [-0.1, -0.05) is 12.1 Å². The van der Waals surface area contributed by atoms with Gasteiger partial charge >= 0.3 is 0 Å². The van der Waals surface area contributed by atoms with Crippen molar-refractivity contribution in [2.75, 3.05) is 6.67 Å². The lowest BCUT2D eigenvalue weighted by Gasteiger charge is -2.21. The summed E-state index contributed by atoms with van der Waals surface area (Å²) < 4.78 is 12.8. The number of imide groups is 1. The fraction of sp³-hybridized carbons (Fsp3) is 0.250. The second-order valence-electron chi connectivity index (χ2n) is 3.74. The van der Waals surface area contributed by atoms with Crippen LogP contribution in [0.5, 0.6) is 0 Å². The number of halogens is 1. The molecule has 0 unspecified atom stereocenters. The largest absolute Gasteiger partial charge is 0.303 e. The molecule has 0 bridgehead atoms. The Labute approximate surface area is 97.0 Å². The molecule has 0 saturated heterocycles. The van der Waals surface area contributed by atoms with Crippen LogP contribution in [0.25, 0.3) is 0 Å². The van der Waals surface area contributed by atoms with Gasteiger partial charge in [-0.05, 0) is 12.1 Å². The summed E-state index contributed by atoms with van der Waals surface area (Å²) in [6.07, 6.45) is 0.329. The van der Waals surface area contributed by atoms with Crippen molar-refractivity contribution in [1.82, 2.24) is 4.90 Å². The number of rotatable bonds is 4. The summed E-state index contributed by atoms with van der Waals surface area (Å²) in [5.74, 6) is -1.06. The molecular weight excluding hydrogens is 225 g/mol. The van der Waals surface area contributed by atoms with Crippen molar-refractivity contribution in [3.8, 4) is 0 Å². The molecule has 0 fully saturated rings. The van der Waals surface area contributed by atoms with E-state index < -0.39 is 24.5 Å². The fourth-order valence-corrected chi connectivity index (χ4v) is 1.89. The highest BCUT2D eigenvalue weighted by molar-refractivity contribution is 6.21. The van der Waals surface area contributed by atoms with E-state index in [-0.39, 0.29) is 17.5 Å². The van der Waals surface area contributed by atoms with Crippen LogP contribution in [0.15, 0.2) is 24.3 Å². The SMILES string of the molecule is O=CC[C@@H](CF)N1C(=O)c2ccccc2C1=O. The molecule has 4 nitrogen and oxygen atoms in total. The van der Waals surface area contributed by atoms with E-state index in [1.54, 1.807) is 12.1 Å². The minimum absolute atomic E-state index is 0.179. The van der Waals surface area contributed by atoms with E-state index in [4.69, 9.17) is 0 Å². The van der Waals surface area contributed by atoms with E-state index in [0.29, 0.717) is 6.29 Å². The summed E-state index contributed by atoms with van der Waals surface area (Å²) in [6, 6.07) is 5.31. The van der Waals surface area contributed by atoms with Crippen molar-refractivity contribution < 1.29 is 18.8 Å². The van der Waals surface area contributed by atoms with E-state index in [2.05, 4.69) is 0 Å². The third-order valence-electron chi connectivity index (χ3n) is 2.74. The third kappa shape index (κ3) is 1.73. The Hall–Kier alpha value is -2.04. The fourth-order valence-electron chi connectivity index (χ4n) is 1.89. The van der Waals surface area contributed by atoms with Crippen molar-refractivity contribution in [3.63, 3.8) is 0 Å². The average Bonchev–Trinajstić information content (AvgIpc) is 2.61. The lowest BCUT2D eigenvalue weighted by molar-refractivity contribution is -0.108. The number of carbonyl (C=O) groups excluding carboxylic acids is 3. The summed E-state index contributed by atoms with van der Waals surface area (Å²) in [6.45, 7) is -0.912. The Morgan fingerprint density at radius 2 is 1.71 bits per heavy atom. The van der Waals surface area contributed by atoms with Crippen LogP contribution < -0.4 is 0 Å². The number of benzene rings is 1. The summed E-state index contributed by atoms with van der Waals surface area (Å²) in [5, 5.41) is 0. The maximum atomic E-state index is 12.8. The van der Waals surface area contributed by atoms with Crippen molar-refractivity contribution >= 4 is 18.1 Å². The van der Waals surface area contributed by atoms with Crippen LogP contribution >= 0.6 is 0 Å². The first kappa shape index (κ1) is 11.4. The molecule has 17 heavy (non-hydrogen) atoms. The van der Waals surface area contributed by atoms with Gasteiger partial charge in [-0.15, -0.1) is 0 Å². The number of hydrogen-bond acceptors (Lipinski definition) is 3. The Bertz CT molecular complexity index is 451. The van der Waals surface area contributed by atoms with E-state index in [0.717, 1.165) is 4.90 Å². The lowest BCUT2D eigenvalue weighted by Crippen LogP contribution is -2.41. The standard InChI is InChI=1S/C12H10FNO3/c13-7-8(5-6-15)14-11(16)9-3-1-2-4-10(9)12(14)17/h1-4,6,8H,5,7H2/t8-/m0/s1. The van der Waals surface area contributed by atoms with Crippen LogP contribution in [0, 0.1) is 0 Å². The van der Waals surface area contributed by atoms with Crippen LogP contribution in [0.2, 0.25) is 0 Å². The number of nitrogens with zero attached hydrogens (tertiary/aromatic N) is 1.